The molecule has 0 fully saturated rings. The first kappa shape index (κ1) is 15.6. The maximum absolute atomic E-state index is 13.5. The highest BCUT2D eigenvalue weighted by Crippen LogP contribution is 2.29. The second-order valence-corrected chi connectivity index (χ2v) is 4.38. The zero-order valence-electron chi connectivity index (χ0n) is 12.3. The van der Waals surface area contributed by atoms with Crippen LogP contribution in [0.1, 0.15) is 5.56 Å². The summed E-state index contributed by atoms with van der Waals surface area (Å²) in [5.41, 5.74) is 0.764. The highest BCUT2D eigenvalue weighted by Gasteiger charge is 2.08. The van der Waals surface area contributed by atoms with Crippen molar-refractivity contribution in [3.8, 4) is 11.5 Å². The van der Waals surface area contributed by atoms with Crippen molar-refractivity contribution >= 4 is 17.7 Å². The van der Waals surface area contributed by atoms with Gasteiger partial charge in [-0.05, 0) is 30.3 Å². The molecule has 2 aromatic carbocycles. The van der Waals surface area contributed by atoms with Crippen molar-refractivity contribution in [2.75, 3.05) is 19.5 Å². The van der Waals surface area contributed by atoms with Gasteiger partial charge in [-0.3, -0.25) is 4.79 Å². The van der Waals surface area contributed by atoms with E-state index in [0.717, 1.165) is 0 Å². The Hall–Kier alpha value is -2.82. The molecule has 0 unspecified atom stereocenters. The number of methoxy groups -OCH3 is 2. The zero-order valence-corrected chi connectivity index (χ0v) is 12.3. The lowest BCUT2D eigenvalue weighted by Crippen LogP contribution is -2.09. The number of hydrogen-bond donors (Lipinski definition) is 1. The number of rotatable bonds is 5. The van der Waals surface area contributed by atoms with Crippen LogP contribution in [0.3, 0.4) is 0 Å². The molecule has 1 amide bonds. The monoisotopic (exact) mass is 301 g/mol. The third-order valence-corrected chi connectivity index (χ3v) is 3.00. The van der Waals surface area contributed by atoms with Crippen molar-refractivity contribution in [1.29, 1.82) is 0 Å². The minimum Gasteiger partial charge on any atom is -0.496 e. The average molecular weight is 301 g/mol. The van der Waals surface area contributed by atoms with E-state index in [-0.39, 0.29) is 5.69 Å². The third-order valence-electron chi connectivity index (χ3n) is 3.00. The topological polar surface area (TPSA) is 47.6 Å². The second kappa shape index (κ2) is 7.26. The Labute approximate surface area is 128 Å². The van der Waals surface area contributed by atoms with Crippen LogP contribution in [0.5, 0.6) is 11.5 Å². The molecule has 0 aromatic heterocycles. The van der Waals surface area contributed by atoms with Crippen molar-refractivity contribution in [1.82, 2.24) is 0 Å². The van der Waals surface area contributed by atoms with Crippen molar-refractivity contribution in [3.63, 3.8) is 0 Å². The number of carbonyl (C=O) groups excluding carboxylic acids is 1. The molecular formula is C17H16FNO3. The standard InChI is InChI=1S/C17H16FNO3/c1-21-15-8-5-9-16(22-2)12(15)10-11-17(20)19-14-7-4-3-6-13(14)18/h3-11H,1-2H3,(H,19,20)/b11-10+. The number of hydrogen-bond acceptors (Lipinski definition) is 3. The molecule has 1 N–H and O–H groups in total. The highest BCUT2D eigenvalue weighted by atomic mass is 19.1. The summed E-state index contributed by atoms with van der Waals surface area (Å²) in [4.78, 5) is 11.9. The quantitative estimate of drug-likeness (QED) is 0.860. The first-order chi connectivity index (χ1) is 10.7. The van der Waals surface area contributed by atoms with Gasteiger partial charge in [0.2, 0.25) is 5.91 Å². The number of benzene rings is 2. The molecule has 0 atom stereocenters. The minimum atomic E-state index is -0.487. The molecule has 2 rings (SSSR count). The fourth-order valence-corrected chi connectivity index (χ4v) is 1.94. The molecule has 22 heavy (non-hydrogen) atoms. The Morgan fingerprint density at radius 1 is 1.05 bits per heavy atom. The van der Waals surface area contributed by atoms with E-state index in [1.807, 2.05) is 0 Å². The molecule has 0 radical (unpaired) electrons. The summed E-state index contributed by atoms with van der Waals surface area (Å²) in [6, 6.07) is 11.3. The van der Waals surface area contributed by atoms with E-state index in [4.69, 9.17) is 9.47 Å². The van der Waals surface area contributed by atoms with E-state index in [2.05, 4.69) is 5.32 Å². The lowest BCUT2D eigenvalue weighted by Gasteiger charge is -2.09. The Kier molecular flexibility index (Phi) is 5.14. The van der Waals surface area contributed by atoms with Gasteiger partial charge in [-0.25, -0.2) is 4.39 Å². The molecule has 0 saturated heterocycles. The molecule has 0 aliphatic carbocycles. The van der Waals surface area contributed by atoms with Gasteiger partial charge in [-0.1, -0.05) is 18.2 Å². The first-order valence-corrected chi connectivity index (χ1v) is 6.60. The van der Waals surface area contributed by atoms with E-state index in [0.29, 0.717) is 17.1 Å². The minimum absolute atomic E-state index is 0.129. The van der Waals surface area contributed by atoms with Crippen molar-refractivity contribution < 1.29 is 18.7 Å². The van der Waals surface area contributed by atoms with Gasteiger partial charge in [-0.2, -0.15) is 0 Å². The molecule has 0 spiro atoms. The molecule has 0 saturated carbocycles. The largest absolute Gasteiger partial charge is 0.496 e. The predicted molar refractivity (Wildman–Crippen MR) is 83.6 cm³/mol. The second-order valence-electron chi connectivity index (χ2n) is 4.38. The molecule has 5 heteroatoms. The number of amides is 1. The van der Waals surface area contributed by atoms with Gasteiger partial charge in [0, 0.05) is 6.08 Å². The SMILES string of the molecule is COc1cccc(OC)c1/C=C/C(=O)Nc1ccccc1F. The summed E-state index contributed by atoms with van der Waals surface area (Å²) in [6.45, 7) is 0. The van der Waals surface area contributed by atoms with Crippen molar-refractivity contribution in [2.24, 2.45) is 0 Å². The molecule has 0 aliphatic rings. The number of carbonyl (C=O) groups is 1. The van der Waals surface area contributed by atoms with E-state index in [1.165, 1.54) is 32.4 Å². The summed E-state index contributed by atoms with van der Waals surface area (Å²) in [6.07, 6.45) is 2.86. The maximum Gasteiger partial charge on any atom is 0.248 e. The van der Waals surface area contributed by atoms with E-state index in [1.54, 1.807) is 36.4 Å². The van der Waals surface area contributed by atoms with Crippen LogP contribution >= 0.6 is 0 Å². The van der Waals surface area contributed by atoms with Crippen LogP contribution in [0.15, 0.2) is 48.5 Å². The Balaban J connectivity index is 2.18. The van der Waals surface area contributed by atoms with Crippen molar-refractivity contribution in [3.05, 3.63) is 59.9 Å². The predicted octanol–water partition coefficient (Wildman–Crippen LogP) is 3.49. The average Bonchev–Trinajstić information content (AvgIpc) is 2.54. The molecule has 0 bridgehead atoms. The summed E-state index contributed by atoms with van der Waals surface area (Å²) < 4.78 is 23.9. The number of para-hydroxylation sites is 1. The Bertz CT molecular complexity index is 676. The molecule has 4 nitrogen and oxygen atoms in total. The van der Waals surface area contributed by atoms with Crippen LogP contribution in [-0.4, -0.2) is 20.1 Å². The van der Waals surface area contributed by atoms with E-state index in [9.17, 15) is 9.18 Å². The van der Waals surface area contributed by atoms with Gasteiger partial charge in [0.1, 0.15) is 17.3 Å². The lowest BCUT2D eigenvalue weighted by atomic mass is 10.1. The van der Waals surface area contributed by atoms with Gasteiger partial charge < -0.3 is 14.8 Å². The van der Waals surface area contributed by atoms with Crippen LogP contribution in [0, 0.1) is 5.82 Å². The van der Waals surface area contributed by atoms with Gasteiger partial charge in [0.25, 0.3) is 0 Å². The van der Waals surface area contributed by atoms with Crippen LogP contribution in [-0.2, 0) is 4.79 Å². The molecule has 0 heterocycles. The van der Waals surface area contributed by atoms with E-state index >= 15 is 0 Å². The number of halogens is 1. The molecule has 0 aliphatic heterocycles. The van der Waals surface area contributed by atoms with Crippen LogP contribution < -0.4 is 14.8 Å². The molecular weight excluding hydrogens is 285 g/mol. The van der Waals surface area contributed by atoms with Gasteiger partial charge >= 0.3 is 0 Å². The van der Waals surface area contributed by atoms with Crippen LogP contribution in [0.25, 0.3) is 6.08 Å². The fraction of sp³-hybridized carbons (Fsp3) is 0.118. The molecule has 2 aromatic rings. The number of anilines is 1. The van der Waals surface area contributed by atoms with Gasteiger partial charge in [0.05, 0.1) is 25.5 Å². The number of nitrogens with one attached hydrogen (secondary N) is 1. The smallest absolute Gasteiger partial charge is 0.248 e. The zero-order chi connectivity index (χ0) is 15.9. The van der Waals surface area contributed by atoms with Gasteiger partial charge in [0.15, 0.2) is 0 Å². The first-order valence-electron chi connectivity index (χ1n) is 6.60. The third kappa shape index (κ3) is 3.63. The summed E-state index contributed by atoms with van der Waals surface area (Å²) in [7, 11) is 3.07. The number of ether oxygens (including phenoxy) is 2. The van der Waals surface area contributed by atoms with Crippen LogP contribution in [0.4, 0.5) is 10.1 Å². The highest BCUT2D eigenvalue weighted by molar-refractivity contribution is 6.02. The molecule has 114 valence electrons. The summed E-state index contributed by atoms with van der Waals surface area (Å²) in [5.74, 6) is 0.223. The summed E-state index contributed by atoms with van der Waals surface area (Å²) in [5, 5.41) is 2.47. The maximum atomic E-state index is 13.5. The normalized spacial score (nSPS) is 10.5. The lowest BCUT2D eigenvalue weighted by molar-refractivity contribution is -0.111. The summed E-state index contributed by atoms with van der Waals surface area (Å²) >= 11 is 0. The van der Waals surface area contributed by atoms with E-state index < -0.39 is 11.7 Å². The van der Waals surface area contributed by atoms with Crippen LogP contribution in [0.2, 0.25) is 0 Å². The Morgan fingerprint density at radius 3 is 2.27 bits per heavy atom. The van der Waals surface area contributed by atoms with Crippen molar-refractivity contribution in [2.45, 2.75) is 0 Å². The Morgan fingerprint density at radius 2 is 1.68 bits per heavy atom. The fourth-order valence-electron chi connectivity index (χ4n) is 1.94. The van der Waals surface area contributed by atoms with Gasteiger partial charge in [-0.15, -0.1) is 0 Å².